The van der Waals surface area contributed by atoms with Gasteiger partial charge in [0.2, 0.25) is 11.8 Å². The molecule has 12 heteroatoms. The van der Waals surface area contributed by atoms with Crippen molar-refractivity contribution in [1.82, 2.24) is 20.4 Å². The molecule has 0 aromatic rings. The number of piperidine rings is 1. The van der Waals surface area contributed by atoms with Crippen LogP contribution in [0.2, 0.25) is 0 Å². The van der Waals surface area contributed by atoms with Crippen LogP contribution in [-0.4, -0.2) is 77.4 Å². The van der Waals surface area contributed by atoms with E-state index >= 15 is 0 Å². The maximum Gasteiger partial charge on any atom is 0.471 e. The summed E-state index contributed by atoms with van der Waals surface area (Å²) in [4.78, 5) is 53.8. The number of rotatable bonds is 5. The fraction of sp³-hybridized carbons (Fsp3) is 0.783. The van der Waals surface area contributed by atoms with Gasteiger partial charge in [-0.2, -0.15) is 18.4 Å². The Balaban J connectivity index is 1.83. The van der Waals surface area contributed by atoms with Crippen molar-refractivity contribution in [2.24, 2.45) is 22.7 Å². The summed E-state index contributed by atoms with van der Waals surface area (Å²) >= 11 is 0. The minimum absolute atomic E-state index is 0.0732. The molecular formula is C23H32F3N5O4. The average molecular weight is 500 g/mol. The van der Waals surface area contributed by atoms with Crippen molar-refractivity contribution >= 4 is 23.6 Å². The highest BCUT2D eigenvalue weighted by atomic mass is 19.4. The third-order valence-corrected chi connectivity index (χ3v) is 7.49. The van der Waals surface area contributed by atoms with Gasteiger partial charge in [0.1, 0.15) is 12.1 Å². The smallest absolute Gasteiger partial charge is 0.340 e. The third-order valence-electron chi connectivity index (χ3n) is 7.49. The number of amides is 4. The van der Waals surface area contributed by atoms with Gasteiger partial charge in [0.15, 0.2) is 6.04 Å². The van der Waals surface area contributed by atoms with Gasteiger partial charge in [0.05, 0.1) is 6.07 Å². The molecule has 4 amide bonds. The fourth-order valence-corrected chi connectivity index (χ4v) is 5.34. The summed E-state index contributed by atoms with van der Waals surface area (Å²) in [6, 6.07) is -2.23. The SMILES string of the molecule is CC1(C)C2CN(C(=O)[C@@H](NC(=O)C(F)(F)F)C(C)(C)C)C(C(=O)N[C@H](C#N)C(=O)N3CCCC3)C21. The molecule has 5 atom stereocenters. The lowest BCUT2D eigenvalue weighted by Crippen LogP contribution is -2.61. The van der Waals surface area contributed by atoms with Crippen molar-refractivity contribution in [3.05, 3.63) is 0 Å². The molecule has 0 radical (unpaired) electrons. The van der Waals surface area contributed by atoms with E-state index in [4.69, 9.17) is 0 Å². The van der Waals surface area contributed by atoms with Gasteiger partial charge in [0.25, 0.3) is 5.91 Å². The van der Waals surface area contributed by atoms with E-state index in [0.29, 0.717) is 13.1 Å². The molecule has 35 heavy (non-hydrogen) atoms. The minimum atomic E-state index is -5.17. The third kappa shape index (κ3) is 5.09. The molecule has 194 valence electrons. The second kappa shape index (κ2) is 8.99. The average Bonchev–Trinajstić information content (AvgIpc) is 3.21. The van der Waals surface area contributed by atoms with E-state index in [1.165, 1.54) is 30.6 Å². The Morgan fingerprint density at radius 1 is 1.03 bits per heavy atom. The molecule has 2 heterocycles. The summed E-state index contributed by atoms with van der Waals surface area (Å²) in [6.07, 6.45) is -3.57. The van der Waals surface area contributed by atoms with Crippen molar-refractivity contribution in [3.8, 4) is 6.07 Å². The molecule has 2 N–H and O–H groups in total. The number of carbonyl (C=O) groups is 4. The molecule has 1 saturated carbocycles. The van der Waals surface area contributed by atoms with Gasteiger partial charge in [-0.3, -0.25) is 19.2 Å². The highest BCUT2D eigenvalue weighted by Gasteiger charge is 2.70. The Hall–Kier alpha value is -2.84. The van der Waals surface area contributed by atoms with Crippen LogP contribution in [0.1, 0.15) is 47.5 Å². The lowest BCUT2D eigenvalue weighted by Gasteiger charge is -2.37. The van der Waals surface area contributed by atoms with Gasteiger partial charge in [0, 0.05) is 19.6 Å². The molecule has 2 saturated heterocycles. The number of hydrogen-bond donors (Lipinski definition) is 2. The molecule has 2 aliphatic heterocycles. The van der Waals surface area contributed by atoms with Crippen molar-refractivity contribution in [1.29, 1.82) is 5.26 Å². The molecule has 0 bridgehead atoms. The zero-order chi connectivity index (χ0) is 26.5. The van der Waals surface area contributed by atoms with Gasteiger partial charge in [-0.15, -0.1) is 0 Å². The molecule has 3 fully saturated rings. The maximum absolute atomic E-state index is 13.5. The van der Waals surface area contributed by atoms with Gasteiger partial charge < -0.3 is 20.4 Å². The Morgan fingerprint density at radius 2 is 1.60 bits per heavy atom. The summed E-state index contributed by atoms with van der Waals surface area (Å²) in [7, 11) is 0. The normalized spacial score (nSPS) is 26.9. The number of halogens is 3. The van der Waals surface area contributed by atoms with E-state index in [0.717, 1.165) is 12.8 Å². The lowest BCUT2D eigenvalue weighted by molar-refractivity contribution is -0.176. The Kier molecular flexibility index (Phi) is 6.87. The Morgan fingerprint density at radius 3 is 2.09 bits per heavy atom. The number of fused-ring (bicyclic) bond motifs is 1. The Labute approximate surface area is 202 Å². The molecule has 1 aliphatic carbocycles. The van der Waals surface area contributed by atoms with Crippen molar-refractivity contribution in [3.63, 3.8) is 0 Å². The van der Waals surface area contributed by atoms with Crippen LogP contribution in [0.3, 0.4) is 0 Å². The van der Waals surface area contributed by atoms with Crippen LogP contribution in [0.5, 0.6) is 0 Å². The van der Waals surface area contributed by atoms with E-state index in [-0.39, 0.29) is 23.8 Å². The molecule has 0 spiro atoms. The van der Waals surface area contributed by atoms with Crippen molar-refractivity contribution in [2.45, 2.75) is 71.8 Å². The summed E-state index contributed by atoms with van der Waals surface area (Å²) < 4.78 is 38.8. The van der Waals surface area contributed by atoms with Crippen LogP contribution in [-0.2, 0) is 19.2 Å². The monoisotopic (exact) mass is 499 g/mol. The van der Waals surface area contributed by atoms with E-state index in [1.807, 2.05) is 19.9 Å². The first-order valence-electron chi connectivity index (χ1n) is 11.7. The van der Waals surface area contributed by atoms with E-state index in [2.05, 4.69) is 5.32 Å². The maximum atomic E-state index is 13.5. The number of nitriles is 1. The minimum Gasteiger partial charge on any atom is -0.340 e. The van der Waals surface area contributed by atoms with Gasteiger partial charge in [-0.1, -0.05) is 34.6 Å². The number of alkyl halides is 3. The second-order valence-corrected chi connectivity index (χ2v) is 11.3. The Bertz CT molecular complexity index is 946. The van der Waals surface area contributed by atoms with E-state index in [9.17, 15) is 37.6 Å². The van der Waals surface area contributed by atoms with Crippen LogP contribution >= 0.6 is 0 Å². The molecule has 0 aromatic carbocycles. The zero-order valence-electron chi connectivity index (χ0n) is 20.5. The molecule has 9 nitrogen and oxygen atoms in total. The lowest BCUT2D eigenvalue weighted by atomic mass is 9.85. The number of hydrogen-bond acceptors (Lipinski definition) is 5. The quantitative estimate of drug-likeness (QED) is 0.589. The van der Waals surface area contributed by atoms with Crippen molar-refractivity contribution in [2.75, 3.05) is 19.6 Å². The zero-order valence-corrected chi connectivity index (χ0v) is 20.5. The highest BCUT2D eigenvalue weighted by molar-refractivity contribution is 5.97. The predicted octanol–water partition coefficient (Wildman–Crippen LogP) is 1.19. The summed E-state index contributed by atoms with van der Waals surface area (Å²) in [6.45, 7) is 9.51. The van der Waals surface area contributed by atoms with Gasteiger partial charge in [-0.25, -0.2) is 0 Å². The molecular weight excluding hydrogens is 467 g/mol. The first kappa shape index (κ1) is 26.8. The predicted molar refractivity (Wildman–Crippen MR) is 117 cm³/mol. The van der Waals surface area contributed by atoms with Gasteiger partial charge >= 0.3 is 12.1 Å². The van der Waals surface area contributed by atoms with E-state index < -0.39 is 53.3 Å². The van der Waals surface area contributed by atoms with Gasteiger partial charge in [-0.05, 0) is 35.5 Å². The van der Waals surface area contributed by atoms with Crippen LogP contribution in [0.15, 0.2) is 0 Å². The standard InChI is InChI=1S/C23H32F3N5O4/c1-21(2,3)16(29-20(35)23(24,25)26)19(34)31-11-12-14(22(12,4)5)15(31)17(32)28-13(10-27)18(33)30-8-6-7-9-30/h12-16H,6-9,11H2,1-5H3,(H,28,32)(H,29,35)/t12?,13-,14?,15?,16-/m1/s1. The second-order valence-electron chi connectivity index (χ2n) is 11.3. The van der Waals surface area contributed by atoms with Crippen molar-refractivity contribution < 1.29 is 32.3 Å². The summed E-state index contributed by atoms with van der Waals surface area (Å²) in [5.74, 6) is -4.63. The van der Waals surface area contributed by atoms with Crippen LogP contribution < -0.4 is 10.6 Å². The fourth-order valence-electron chi connectivity index (χ4n) is 5.34. The summed E-state index contributed by atoms with van der Waals surface area (Å²) in [5, 5.41) is 13.8. The molecule has 3 rings (SSSR count). The topological polar surface area (TPSA) is 123 Å². The molecule has 3 aliphatic rings. The first-order valence-corrected chi connectivity index (χ1v) is 11.7. The number of nitrogens with zero attached hydrogens (tertiary/aromatic N) is 3. The highest BCUT2D eigenvalue weighted by Crippen LogP contribution is 2.65. The van der Waals surface area contributed by atoms with Crippen LogP contribution in [0.4, 0.5) is 13.2 Å². The van der Waals surface area contributed by atoms with Crippen LogP contribution in [0.25, 0.3) is 0 Å². The number of nitrogens with one attached hydrogen (secondary N) is 2. The molecule has 0 aromatic heterocycles. The largest absolute Gasteiger partial charge is 0.471 e. The number of likely N-dealkylation sites (tertiary alicyclic amines) is 2. The molecule has 3 unspecified atom stereocenters. The van der Waals surface area contributed by atoms with Crippen LogP contribution in [0, 0.1) is 34.0 Å². The summed E-state index contributed by atoms with van der Waals surface area (Å²) in [5.41, 5.74) is -1.38. The van der Waals surface area contributed by atoms with E-state index in [1.54, 1.807) is 5.32 Å². The first-order chi connectivity index (χ1) is 16.0. The number of carbonyl (C=O) groups excluding carboxylic acids is 4.